The molecule has 0 amide bonds. The van der Waals surface area contributed by atoms with Crippen LogP contribution in [0.2, 0.25) is 0 Å². The minimum absolute atomic E-state index is 0. The third-order valence-corrected chi connectivity index (χ3v) is 3.98. The molecule has 0 atom stereocenters. The van der Waals surface area contributed by atoms with Crippen molar-refractivity contribution in [2.75, 3.05) is 0 Å². The number of carbonyl (C=O) groups excluding carboxylic acids is 1. The van der Waals surface area contributed by atoms with Crippen molar-refractivity contribution in [1.82, 2.24) is 0 Å². The molecule has 0 radical (unpaired) electrons. The predicted octanol–water partition coefficient (Wildman–Crippen LogP) is 4.24. The Morgan fingerprint density at radius 1 is 0.636 bits per heavy atom. The summed E-state index contributed by atoms with van der Waals surface area (Å²) in [5.41, 5.74) is 0. The molecule has 0 rings (SSSR count). The number of hydrogen-bond donors (Lipinski definition) is 0. The number of aliphatic carboxylic acids is 1. The average molecular weight is 429 g/mol. The van der Waals surface area contributed by atoms with E-state index in [4.69, 9.17) is 0 Å². The van der Waals surface area contributed by atoms with E-state index in [1.165, 1.54) is 83.5 Å². The summed E-state index contributed by atoms with van der Waals surface area (Å²) in [6.07, 6.45) is 19.9. The largest absolute Gasteiger partial charge is 4.00 e. The number of carboxylic acid groups (broad SMARTS) is 1. The van der Waals surface area contributed by atoms with Crippen molar-refractivity contribution in [3.05, 3.63) is 0 Å². The van der Waals surface area contributed by atoms with Gasteiger partial charge in [0.25, 0.3) is 0 Å². The van der Waals surface area contributed by atoms with Gasteiger partial charge in [0.1, 0.15) is 0 Å². The van der Waals surface area contributed by atoms with Gasteiger partial charge in [0.15, 0.2) is 0 Å². The second kappa shape index (κ2) is 24.1. The van der Waals surface area contributed by atoms with Crippen LogP contribution in [0.3, 0.4) is 0 Å². The zero-order valence-electron chi connectivity index (χ0n) is 14.7. The van der Waals surface area contributed by atoms with Crippen molar-refractivity contribution >= 4 is 47.2 Å². The minimum Gasteiger partial charge on any atom is -0.550 e. The Labute approximate surface area is 166 Å². The summed E-state index contributed by atoms with van der Waals surface area (Å²) >= 11 is 0. The summed E-state index contributed by atoms with van der Waals surface area (Å²) in [5, 5.41) is 10.2. The van der Waals surface area contributed by atoms with Gasteiger partial charge in [-0.25, -0.2) is 0 Å². The standard InChI is InChI=1S/C18H36O2.Al.Sn/c1-2-3-4-5-6-7-8-9-10-11-12-13-14-15-16-17-18(19)20;;/h2-17H2,1H3,(H,19,20);;/q;+3;+4/p-1. The summed E-state index contributed by atoms with van der Waals surface area (Å²) in [5.74, 6) is -0.903. The maximum Gasteiger partial charge on any atom is 4.00 e. The fraction of sp³-hybridized carbons (Fsp3) is 0.944. The zero-order valence-corrected chi connectivity index (χ0v) is 18.7. The van der Waals surface area contributed by atoms with Crippen molar-refractivity contribution in [2.45, 2.75) is 110 Å². The van der Waals surface area contributed by atoms with Crippen molar-refractivity contribution in [3.63, 3.8) is 0 Å². The summed E-state index contributed by atoms with van der Waals surface area (Å²) < 4.78 is 0. The summed E-state index contributed by atoms with van der Waals surface area (Å²) in [4.78, 5) is 10.2. The molecule has 4 heteroatoms. The SMILES string of the molecule is CCCCCCCCCCCCCCCCCC(=O)[O-].[Al+3].[Sn+4]. The van der Waals surface area contributed by atoms with Crippen LogP contribution in [0.15, 0.2) is 0 Å². The molecule has 0 aliphatic carbocycles. The fourth-order valence-electron chi connectivity index (χ4n) is 2.64. The van der Waals surface area contributed by atoms with Gasteiger partial charge in [-0.05, 0) is 12.8 Å². The maximum atomic E-state index is 10.2. The van der Waals surface area contributed by atoms with Gasteiger partial charge >= 0.3 is 41.3 Å². The van der Waals surface area contributed by atoms with E-state index in [0.29, 0.717) is 0 Å². The topological polar surface area (TPSA) is 40.1 Å². The van der Waals surface area contributed by atoms with E-state index in [1.54, 1.807) is 0 Å². The molecule has 0 fully saturated rings. The second-order valence-electron chi connectivity index (χ2n) is 6.07. The van der Waals surface area contributed by atoms with Crippen molar-refractivity contribution in [1.29, 1.82) is 0 Å². The van der Waals surface area contributed by atoms with Crippen LogP contribution >= 0.6 is 0 Å². The molecule has 0 aliphatic rings. The number of rotatable bonds is 16. The molecule has 0 aromatic rings. The van der Waals surface area contributed by atoms with E-state index in [1.807, 2.05) is 0 Å². The minimum atomic E-state index is -0.903. The Hall–Kier alpha value is 0.801. The quantitative estimate of drug-likeness (QED) is 0.272. The average Bonchev–Trinajstić information content (AvgIpc) is 2.43. The van der Waals surface area contributed by atoms with Gasteiger partial charge in [0, 0.05) is 5.97 Å². The zero-order chi connectivity index (χ0) is 14.9. The van der Waals surface area contributed by atoms with Gasteiger partial charge in [-0.15, -0.1) is 0 Å². The van der Waals surface area contributed by atoms with E-state index in [9.17, 15) is 9.90 Å². The first-order chi connectivity index (χ1) is 9.77. The predicted molar refractivity (Wildman–Crippen MR) is 96.1 cm³/mol. The third kappa shape index (κ3) is 25.7. The third-order valence-electron chi connectivity index (χ3n) is 3.98. The molecule has 120 valence electrons. The van der Waals surface area contributed by atoms with Crippen LogP contribution in [-0.4, -0.2) is 47.2 Å². The Morgan fingerprint density at radius 3 is 1.18 bits per heavy atom. The number of carbonyl (C=O) groups is 1. The normalized spacial score (nSPS) is 9.86. The summed E-state index contributed by atoms with van der Waals surface area (Å²) in [6, 6.07) is 0. The van der Waals surface area contributed by atoms with Crippen molar-refractivity contribution in [3.8, 4) is 0 Å². The molecular formula is C18H35AlO2Sn+6. The van der Waals surface area contributed by atoms with Crippen molar-refractivity contribution < 1.29 is 9.90 Å². The Bertz CT molecular complexity index is 213. The van der Waals surface area contributed by atoms with Crippen LogP contribution in [0.25, 0.3) is 0 Å². The molecule has 22 heavy (non-hydrogen) atoms. The molecule has 0 bridgehead atoms. The van der Waals surface area contributed by atoms with Crippen LogP contribution in [0.1, 0.15) is 110 Å². The van der Waals surface area contributed by atoms with Gasteiger partial charge in [-0.3, -0.25) is 0 Å². The van der Waals surface area contributed by atoms with Gasteiger partial charge in [0.2, 0.25) is 0 Å². The molecule has 0 heterocycles. The first kappa shape index (κ1) is 27.6. The van der Waals surface area contributed by atoms with Gasteiger partial charge in [0.05, 0.1) is 0 Å². The van der Waals surface area contributed by atoms with Gasteiger partial charge in [-0.1, -0.05) is 96.8 Å². The number of unbranched alkanes of at least 4 members (excludes halogenated alkanes) is 14. The molecule has 2 nitrogen and oxygen atoms in total. The van der Waals surface area contributed by atoms with Gasteiger partial charge in [-0.2, -0.15) is 0 Å². The summed E-state index contributed by atoms with van der Waals surface area (Å²) in [7, 11) is 0. The molecule has 0 aromatic carbocycles. The molecule has 0 saturated heterocycles. The molecule has 0 aliphatic heterocycles. The van der Waals surface area contributed by atoms with E-state index in [-0.39, 0.29) is 47.7 Å². The Kier molecular flexibility index (Phi) is 30.2. The van der Waals surface area contributed by atoms with E-state index in [0.717, 1.165) is 12.8 Å². The fourth-order valence-corrected chi connectivity index (χ4v) is 2.64. The molecule has 0 unspecified atom stereocenters. The Balaban J connectivity index is -0.00000180. The maximum absolute atomic E-state index is 10.2. The summed E-state index contributed by atoms with van der Waals surface area (Å²) in [6.45, 7) is 2.27. The van der Waals surface area contributed by atoms with Crippen molar-refractivity contribution in [2.24, 2.45) is 0 Å². The van der Waals surface area contributed by atoms with Crippen LogP contribution in [0.4, 0.5) is 0 Å². The smallest absolute Gasteiger partial charge is 0.550 e. The van der Waals surface area contributed by atoms with Crippen LogP contribution in [-0.2, 0) is 4.79 Å². The second-order valence-corrected chi connectivity index (χ2v) is 6.07. The molecule has 0 saturated carbocycles. The van der Waals surface area contributed by atoms with E-state index < -0.39 is 5.97 Å². The number of hydrogen-bond acceptors (Lipinski definition) is 2. The van der Waals surface area contributed by atoms with Crippen LogP contribution in [0.5, 0.6) is 0 Å². The molecule has 0 spiro atoms. The molecule has 0 aromatic heterocycles. The number of carboxylic acids is 1. The van der Waals surface area contributed by atoms with Gasteiger partial charge < -0.3 is 9.90 Å². The Morgan fingerprint density at radius 2 is 0.909 bits per heavy atom. The molecular weight excluding hydrogens is 394 g/mol. The monoisotopic (exact) mass is 430 g/mol. The molecule has 0 N–H and O–H groups in total. The van der Waals surface area contributed by atoms with Crippen LogP contribution in [0, 0.1) is 0 Å². The van der Waals surface area contributed by atoms with E-state index >= 15 is 0 Å². The van der Waals surface area contributed by atoms with E-state index in [2.05, 4.69) is 6.92 Å². The van der Waals surface area contributed by atoms with Crippen LogP contribution < -0.4 is 5.11 Å². The first-order valence-electron chi connectivity index (χ1n) is 8.97. The first-order valence-corrected chi connectivity index (χ1v) is 8.97.